The molecular formula is C16H22N4O2. The van der Waals surface area contributed by atoms with E-state index in [0.717, 1.165) is 49.8 Å². The van der Waals surface area contributed by atoms with E-state index in [9.17, 15) is 4.79 Å². The molecule has 0 aromatic carbocycles. The van der Waals surface area contributed by atoms with Crippen LogP contribution in [-0.2, 0) is 13.1 Å². The lowest BCUT2D eigenvalue weighted by Crippen LogP contribution is -2.36. The number of likely N-dealkylation sites (tertiary alicyclic amines) is 1. The summed E-state index contributed by atoms with van der Waals surface area (Å²) in [5.41, 5.74) is 0.875. The number of hydrogen-bond donors (Lipinski definition) is 0. The van der Waals surface area contributed by atoms with Crippen molar-refractivity contribution in [3.05, 3.63) is 46.0 Å². The topological polar surface area (TPSA) is 64.2 Å². The van der Waals surface area contributed by atoms with Gasteiger partial charge in [-0.25, -0.2) is 9.67 Å². The van der Waals surface area contributed by atoms with Crippen molar-refractivity contribution in [3.63, 3.8) is 0 Å². The van der Waals surface area contributed by atoms with Gasteiger partial charge in [0, 0.05) is 12.6 Å². The molecule has 1 aliphatic rings. The predicted octanol–water partition coefficient (Wildman–Crippen LogP) is 1.76. The van der Waals surface area contributed by atoms with E-state index in [1.54, 1.807) is 23.0 Å². The summed E-state index contributed by atoms with van der Waals surface area (Å²) < 4.78 is 7.13. The van der Waals surface area contributed by atoms with Gasteiger partial charge >= 0.3 is 0 Å². The first kappa shape index (κ1) is 15.0. The van der Waals surface area contributed by atoms with E-state index >= 15 is 0 Å². The molecule has 0 saturated carbocycles. The van der Waals surface area contributed by atoms with Gasteiger partial charge in [-0.05, 0) is 51.8 Å². The fourth-order valence-corrected chi connectivity index (χ4v) is 2.92. The molecule has 0 amide bonds. The standard InChI is InChI=1S/C16H22N4O2/c1-12-3-4-16(21)20(18-12)10-14-5-7-19(8-6-14)11-15-17-9-13(2)22-15/h3-4,9,14H,5-8,10-11H2,1-2H3. The highest BCUT2D eigenvalue weighted by molar-refractivity contribution is 4.97. The minimum Gasteiger partial charge on any atom is -0.445 e. The number of nitrogens with zero attached hydrogens (tertiary/aromatic N) is 4. The van der Waals surface area contributed by atoms with Crippen molar-refractivity contribution in [2.24, 2.45) is 5.92 Å². The van der Waals surface area contributed by atoms with Crippen molar-refractivity contribution in [2.45, 2.75) is 39.8 Å². The second-order valence-electron chi connectivity index (χ2n) is 6.08. The number of aromatic nitrogens is 3. The van der Waals surface area contributed by atoms with Gasteiger partial charge in [0.15, 0.2) is 0 Å². The summed E-state index contributed by atoms with van der Waals surface area (Å²) in [5, 5.41) is 4.32. The highest BCUT2D eigenvalue weighted by atomic mass is 16.4. The van der Waals surface area contributed by atoms with E-state index in [0.29, 0.717) is 12.5 Å². The van der Waals surface area contributed by atoms with Crippen molar-refractivity contribution in [2.75, 3.05) is 13.1 Å². The SMILES string of the molecule is Cc1ccc(=O)n(CC2CCN(Cc3ncc(C)o3)CC2)n1. The fourth-order valence-electron chi connectivity index (χ4n) is 2.92. The highest BCUT2D eigenvalue weighted by Gasteiger charge is 2.21. The van der Waals surface area contributed by atoms with E-state index < -0.39 is 0 Å². The molecule has 0 aliphatic carbocycles. The summed E-state index contributed by atoms with van der Waals surface area (Å²) in [7, 11) is 0. The molecule has 1 fully saturated rings. The van der Waals surface area contributed by atoms with E-state index in [2.05, 4.69) is 15.0 Å². The van der Waals surface area contributed by atoms with Gasteiger partial charge < -0.3 is 4.42 Å². The van der Waals surface area contributed by atoms with Crippen LogP contribution in [0.1, 0.15) is 30.2 Å². The zero-order valence-electron chi connectivity index (χ0n) is 13.2. The average molecular weight is 302 g/mol. The quantitative estimate of drug-likeness (QED) is 0.861. The lowest BCUT2D eigenvalue weighted by Gasteiger charge is -2.31. The van der Waals surface area contributed by atoms with Gasteiger partial charge in [0.25, 0.3) is 5.56 Å². The molecule has 2 aromatic heterocycles. The molecule has 0 spiro atoms. The van der Waals surface area contributed by atoms with Gasteiger partial charge in [0.2, 0.25) is 5.89 Å². The summed E-state index contributed by atoms with van der Waals surface area (Å²) in [5.74, 6) is 2.15. The van der Waals surface area contributed by atoms with Crippen LogP contribution in [-0.4, -0.2) is 32.8 Å². The maximum Gasteiger partial charge on any atom is 0.266 e. The minimum absolute atomic E-state index is 0.0108. The molecule has 0 atom stereocenters. The van der Waals surface area contributed by atoms with Crippen LogP contribution in [0, 0.1) is 19.8 Å². The molecule has 3 heterocycles. The molecule has 118 valence electrons. The van der Waals surface area contributed by atoms with Crippen LogP contribution < -0.4 is 5.56 Å². The summed E-state index contributed by atoms with van der Waals surface area (Å²) >= 11 is 0. The molecule has 1 saturated heterocycles. The number of hydrogen-bond acceptors (Lipinski definition) is 5. The first-order valence-corrected chi connectivity index (χ1v) is 7.78. The minimum atomic E-state index is -0.0108. The van der Waals surface area contributed by atoms with Gasteiger partial charge in [-0.3, -0.25) is 9.69 Å². The Balaban J connectivity index is 1.53. The Morgan fingerprint density at radius 1 is 1.27 bits per heavy atom. The Morgan fingerprint density at radius 2 is 2.05 bits per heavy atom. The van der Waals surface area contributed by atoms with Crippen molar-refractivity contribution < 1.29 is 4.42 Å². The fraction of sp³-hybridized carbons (Fsp3) is 0.562. The van der Waals surface area contributed by atoms with Gasteiger partial charge in [0.1, 0.15) is 5.76 Å². The molecule has 6 nitrogen and oxygen atoms in total. The van der Waals surface area contributed by atoms with Crippen LogP contribution in [0.25, 0.3) is 0 Å². The molecule has 1 aliphatic heterocycles. The van der Waals surface area contributed by atoms with E-state index in [1.165, 1.54) is 0 Å². The molecule has 0 radical (unpaired) electrons. The first-order chi connectivity index (χ1) is 10.6. The Morgan fingerprint density at radius 3 is 2.73 bits per heavy atom. The number of oxazole rings is 1. The van der Waals surface area contributed by atoms with Crippen molar-refractivity contribution in [1.29, 1.82) is 0 Å². The third-order valence-corrected chi connectivity index (χ3v) is 4.17. The molecule has 6 heteroatoms. The molecule has 3 rings (SSSR count). The molecule has 2 aromatic rings. The smallest absolute Gasteiger partial charge is 0.266 e. The lowest BCUT2D eigenvalue weighted by atomic mass is 9.97. The Hall–Kier alpha value is -1.95. The zero-order valence-corrected chi connectivity index (χ0v) is 13.2. The summed E-state index contributed by atoms with van der Waals surface area (Å²) in [6.07, 6.45) is 3.90. The molecular weight excluding hydrogens is 280 g/mol. The monoisotopic (exact) mass is 302 g/mol. The van der Waals surface area contributed by atoms with Gasteiger partial charge in [-0.15, -0.1) is 0 Å². The van der Waals surface area contributed by atoms with Crippen LogP contribution in [0.4, 0.5) is 0 Å². The molecule has 0 N–H and O–H groups in total. The summed E-state index contributed by atoms with van der Waals surface area (Å²) in [6, 6.07) is 3.36. The third kappa shape index (κ3) is 3.62. The summed E-state index contributed by atoms with van der Waals surface area (Å²) in [4.78, 5) is 18.4. The normalized spacial score (nSPS) is 17.0. The van der Waals surface area contributed by atoms with Gasteiger partial charge in [-0.2, -0.15) is 5.10 Å². The predicted molar refractivity (Wildman–Crippen MR) is 82.5 cm³/mol. The maximum absolute atomic E-state index is 11.8. The van der Waals surface area contributed by atoms with Crippen LogP contribution in [0.2, 0.25) is 0 Å². The largest absolute Gasteiger partial charge is 0.445 e. The molecule has 0 bridgehead atoms. The van der Waals surface area contributed by atoms with Crippen LogP contribution in [0.5, 0.6) is 0 Å². The number of rotatable bonds is 4. The van der Waals surface area contributed by atoms with Crippen LogP contribution in [0.15, 0.2) is 27.5 Å². The van der Waals surface area contributed by atoms with Crippen molar-refractivity contribution >= 4 is 0 Å². The Labute approximate surface area is 129 Å². The highest BCUT2D eigenvalue weighted by Crippen LogP contribution is 2.20. The Kier molecular flexibility index (Phi) is 4.38. The average Bonchev–Trinajstić information content (AvgIpc) is 2.90. The second-order valence-corrected chi connectivity index (χ2v) is 6.08. The maximum atomic E-state index is 11.8. The van der Waals surface area contributed by atoms with Crippen molar-refractivity contribution in [1.82, 2.24) is 19.7 Å². The first-order valence-electron chi connectivity index (χ1n) is 7.78. The van der Waals surface area contributed by atoms with Crippen molar-refractivity contribution in [3.8, 4) is 0 Å². The Bertz CT molecular complexity index is 683. The van der Waals surface area contributed by atoms with E-state index in [-0.39, 0.29) is 5.56 Å². The summed E-state index contributed by atoms with van der Waals surface area (Å²) in [6.45, 7) is 7.32. The molecule has 22 heavy (non-hydrogen) atoms. The van der Waals surface area contributed by atoms with Crippen LogP contribution in [0.3, 0.4) is 0 Å². The van der Waals surface area contributed by atoms with Crippen LogP contribution >= 0.6 is 0 Å². The lowest BCUT2D eigenvalue weighted by molar-refractivity contribution is 0.151. The van der Waals surface area contributed by atoms with E-state index in [1.807, 2.05) is 13.8 Å². The molecule has 0 unspecified atom stereocenters. The number of aryl methyl sites for hydroxylation is 2. The zero-order chi connectivity index (χ0) is 15.5. The van der Waals surface area contributed by atoms with Gasteiger partial charge in [0.05, 0.1) is 18.4 Å². The second kappa shape index (κ2) is 6.44. The third-order valence-electron chi connectivity index (χ3n) is 4.17. The van der Waals surface area contributed by atoms with Gasteiger partial charge in [-0.1, -0.05) is 0 Å². The van der Waals surface area contributed by atoms with E-state index in [4.69, 9.17) is 4.42 Å². The number of piperidine rings is 1.